The molecule has 1 aliphatic carbocycles. The van der Waals surface area contributed by atoms with Crippen LogP contribution in [0.15, 0.2) is 66.7 Å². The van der Waals surface area contributed by atoms with Gasteiger partial charge in [0.25, 0.3) is 5.69 Å². The molecule has 0 heterocycles. The van der Waals surface area contributed by atoms with Gasteiger partial charge in [0.2, 0.25) is 0 Å². The van der Waals surface area contributed by atoms with Crippen molar-refractivity contribution in [1.29, 1.82) is 0 Å². The molecule has 0 fully saturated rings. The normalized spacial score (nSPS) is 16.0. The van der Waals surface area contributed by atoms with Crippen LogP contribution in [-0.2, 0) is 21.6 Å². The van der Waals surface area contributed by atoms with Crippen LogP contribution in [0.5, 0.6) is 0 Å². The third kappa shape index (κ3) is 7.27. The molecule has 220 valence electrons. The summed E-state index contributed by atoms with van der Waals surface area (Å²) >= 11 is 12.3. The Bertz CT molecular complexity index is 1500. The van der Waals surface area contributed by atoms with Crippen molar-refractivity contribution in [1.82, 2.24) is 10.6 Å². The van der Waals surface area contributed by atoms with E-state index < -0.39 is 45.8 Å². The van der Waals surface area contributed by atoms with Crippen molar-refractivity contribution in [3.05, 3.63) is 109 Å². The zero-order valence-electron chi connectivity index (χ0n) is 23.2. The number of nitro groups is 1. The van der Waals surface area contributed by atoms with Crippen LogP contribution in [0, 0.1) is 16.0 Å². The fraction of sp³-hybridized carbons (Fsp3) is 0.323. The van der Waals surface area contributed by atoms with E-state index in [0.29, 0.717) is 0 Å². The number of hydrogen-bond donors (Lipinski definition) is 2. The molecule has 9 nitrogen and oxygen atoms in total. The highest BCUT2D eigenvalue weighted by molar-refractivity contribution is 6.41. The first-order chi connectivity index (χ1) is 20.0. The Kier molecular flexibility index (Phi) is 9.85. The first-order valence-electron chi connectivity index (χ1n) is 13.5. The largest absolute Gasteiger partial charge is 0.461 e. The fourth-order valence-corrected chi connectivity index (χ4v) is 5.79. The van der Waals surface area contributed by atoms with Gasteiger partial charge in [0.05, 0.1) is 27.5 Å². The fourth-order valence-electron chi connectivity index (χ4n) is 5.14. The van der Waals surface area contributed by atoms with Gasteiger partial charge in [-0.3, -0.25) is 19.7 Å². The summed E-state index contributed by atoms with van der Waals surface area (Å²) in [7, 11) is 0. The third-order valence-corrected chi connectivity index (χ3v) is 8.17. The second-order valence-corrected chi connectivity index (χ2v) is 11.6. The van der Waals surface area contributed by atoms with E-state index in [-0.39, 0.29) is 35.2 Å². The van der Waals surface area contributed by atoms with Crippen molar-refractivity contribution in [2.45, 2.75) is 51.2 Å². The van der Waals surface area contributed by atoms with E-state index in [0.717, 1.165) is 30.0 Å². The Balaban J connectivity index is 1.49. The molecule has 0 saturated heterocycles. The zero-order chi connectivity index (χ0) is 30.4. The van der Waals surface area contributed by atoms with Gasteiger partial charge in [0, 0.05) is 19.0 Å². The van der Waals surface area contributed by atoms with Gasteiger partial charge >= 0.3 is 12.0 Å². The molecule has 2 N–H and O–H groups in total. The van der Waals surface area contributed by atoms with E-state index in [4.69, 9.17) is 27.9 Å². The highest BCUT2D eigenvalue weighted by Gasteiger charge is 2.34. The van der Waals surface area contributed by atoms with Crippen LogP contribution >= 0.6 is 23.2 Å². The highest BCUT2D eigenvalue weighted by Crippen LogP contribution is 2.41. The maximum absolute atomic E-state index is 13.3. The molecule has 0 radical (unpaired) electrons. The van der Waals surface area contributed by atoms with E-state index in [1.54, 1.807) is 24.3 Å². The lowest BCUT2D eigenvalue weighted by Gasteiger charge is -2.37. The predicted octanol–water partition coefficient (Wildman–Crippen LogP) is 6.95. The summed E-state index contributed by atoms with van der Waals surface area (Å²) < 4.78 is 5.46. The second-order valence-electron chi connectivity index (χ2n) is 10.8. The van der Waals surface area contributed by atoms with Crippen LogP contribution in [-0.4, -0.2) is 29.3 Å². The number of benzene rings is 3. The van der Waals surface area contributed by atoms with Gasteiger partial charge in [-0.25, -0.2) is 4.79 Å². The number of halogens is 2. The van der Waals surface area contributed by atoms with Gasteiger partial charge in [-0.1, -0.05) is 91.6 Å². The van der Waals surface area contributed by atoms with E-state index in [1.165, 1.54) is 11.6 Å². The maximum atomic E-state index is 13.3. The molecule has 3 aromatic carbocycles. The number of nitro benzene ring substituents is 1. The van der Waals surface area contributed by atoms with Gasteiger partial charge in [-0.2, -0.15) is 0 Å². The SMILES string of the molecule is CC1(C)CCC(NC(=O)NC[C@H](CC(=O)c2c(Cl)ccc([N+](=O)[O-])c2Cl)C(=O)OCc2ccccc2)c2ccccc21. The number of Topliss-reactive ketones (excluding diaryl/α,β-unsaturated/α-hetero) is 1. The average molecular weight is 613 g/mol. The Morgan fingerprint density at radius 2 is 1.74 bits per heavy atom. The number of urea groups is 1. The van der Waals surface area contributed by atoms with Crippen molar-refractivity contribution in [3.63, 3.8) is 0 Å². The number of rotatable bonds is 10. The first kappa shape index (κ1) is 31.0. The number of fused-ring (bicyclic) bond motifs is 1. The van der Waals surface area contributed by atoms with Crippen molar-refractivity contribution in [2.24, 2.45) is 5.92 Å². The van der Waals surface area contributed by atoms with Crippen LogP contribution in [0.3, 0.4) is 0 Å². The quantitative estimate of drug-likeness (QED) is 0.110. The van der Waals surface area contributed by atoms with Crippen molar-refractivity contribution >= 4 is 46.7 Å². The summed E-state index contributed by atoms with van der Waals surface area (Å²) in [5.74, 6) is -2.54. The lowest BCUT2D eigenvalue weighted by atomic mass is 9.71. The van der Waals surface area contributed by atoms with E-state index in [1.807, 2.05) is 24.3 Å². The molecule has 0 aliphatic heterocycles. The van der Waals surface area contributed by atoms with Crippen LogP contribution in [0.1, 0.15) is 66.2 Å². The standard InChI is InChI=1S/C31H31Cl2N3O6/c1-31(2)15-14-24(21-10-6-7-11-22(21)31)35-30(39)34-17-20(29(38)42-18-19-8-4-3-5-9-19)16-26(37)27-23(32)12-13-25(28(27)33)36(40)41/h3-13,20,24H,14-18H2,1-2H3,(H2,34,35,39)/t20-,24?/m0/s1. The first-order valence-corrected chi connectivity index (χ1v) is 14.2. The molecule has 1 aliphatic rings. The van der Waals surface area contributed by atoms with Crippen LogP contribution in [0.25, 0.3) is 0 Å². The number of nitrogens with one attached hydrogen (secondary N) is 2. The van der Waals surface area contributed by atoms with Crippen molar-refractivity contribution < 1.29 is 24.0 Å². The Morgan fingerprint density at radius 1 is 1.05 bits per heavy atom. The predicted molar refractivity (Wildman–Crippen MR) is 160 cm³/mol. The zero-order valence-corrected chi connectivity index (χ0v) is 24.7. The molecule has 3 aromatic rings. The van der Waals surface area contributed by atoms with Crippen LogP contribution < -0.4 is 10.6 Å². The van der Waals surface area contributed by atoms with E-state index in [2.05, 4.69) is 30.5 Å². The molecule has 42 heavy (non-hydrogen) atoms. The van der Waals surface area contributed by atoms with Crippen molar-refractivity contribution in [3.8, 4) is 0 Å². The Labute approximate surface area is 253 Å². The number of ether oxygens (including phenoxy) is 1. The minimum Gasteiger partial charge on any atom is -0.461 e. The van der Waals surface area contributed by atoms with Crippen LogP contribution in [0.4, 0.5) is 10.5 Å². The highest BCUT2D eigenvalue weighted by atomic mass is 35.5. The monoisotopic (exact) mass is 611 g/mol. The summed E-state index contributed by atoms with van der Waals surface area (Å²) in [6.07, 6.45) is 1.17. The summed E-state index contributed by atoms with van der Waals surface area (Å²) in [6, 6.07) is 18.5. The number of ketones is 1. The number of carbonyl (C=O) groups excluding carboxylic acids is 3. The summed E-state index contributed by atoms with van der Waals surface area (Å²) in [6.45, 7) is 4.08. The molecular weight excluding hydrogens is 581 g/mol. The average Bonchev–Trinajstić information content (AvgIpc) is 2.96. The lowest BCUT2D eigenvalue weighted by Crippen LogP contribution is -2.44. The van der Waals surface area contributed by atoms with Gasteiger partial charge in [0.15, 0.2) is 5.78 Å². The third-order valence-electron chi connectivity index (χ3n) is 7.47. The molecule has 0 bridgehead atoms. The van der Waals surface area contributed by atoms with Gasteiger partial charge in [-0.15, -0.1) is 0 Å². The molecule has 4 rings (SSSR count). The number of esters is 1. The van der Waals surface area contributed by atoms with Gasteiger partial charge in [-0.05, 0) is 41.0 Å². The summed E-state index contributed by atoms with van der Waals surface area (Å²) in [5.41, 5.74) is 2.17. The van der Waals surface area contributed by atoms with Crippen LogP contribution in [0.2, 0.25) is 10.0 Å². The maximum Gasteiger partial charge on any atom is 0.315 e. The lowest BCUT2D eigenvalue weighted by molar-refractivity contribution is -0.384. The number of amides is 2. The molecular formula is C31H31Cl2N3O6. The smallest absolute Gasteiger partial charge is 0.315 e. The minimum absolute atomic E-state index is 0.0196. The van der Waals surface area contributed by atoms with E-state index >= 15 is 0 Å². The molecule has 1 unspecified atom stereocenters. The van der Waals surface area contributed by atoms with E-state index in [9.17, 15) is 24.5 Å². The number of carbonyl (C=O) groups is 3. The molecule has 0 spiro atoms. The summed E-state index contributed by atoms with van der Waals surface area (Å²) in [4.78, 5) is 50.0. The Hall–Kier alpha value is -3.95. The van der Waals surface area contributed by atoms with Gasteiger partial charge in [0.1, 0.15) is 11.6 Å². The number of nitrogens with zero attached hydrogens (tertiary/aromatic N) is 1. The molecule has 2 amide bonds. The van der Waals surface area contributed by atoms with Crippen molar-refractivity contribution in [2.75, 3.05) is 6.54 Å². The molecule has 0 aromatic heterocycles. The topological polar surface area (TPSA) is 128 Å². The van der Waals surface area contributed by atoms with Gasteiger partial charge < -0.3 is 15.4 Å². The second kappa shape index (κ2) is 13.4. The molecule has 2 atom stereocenters. The summed E-state index contributed by atoms with van der Waals surface area (Å²) in [5, 5.41) is 16.5. The number of hydrogen-bond acceptors (Lipinski definition) is 6. The molecule has 11 heteroatoms. The Morgan fingerprint density at radius 3 is 2.45 bits per heavy atom. The molecule has 0 saturated carbocycles. The minimum atomic E-state index is -1.11.